The van der Waals surface area contributed by atoms with Gasteiger partial charge in [0.25, 0.3) is 10.0 Å². The fourth-order valence-electron chi connectivity index (χ4n) is 3.44. The summed E-state index contributed by atoms with van der Waals surface area (Å²) in [5.41, 5.74) is 1.27. The van der Waals surface area contributed by atoms with Crippen LogP contribution in [0.3, 0.4) is 0 Å². The van der Waals surface area contributed by atoms with Crippen molar-refractivity contribution in [3.63, 3.8) is 0 Å². The average Bonchev–Trinajstić information content (AvgIpc) is 2.97. The molecule has 0 saturated carbocycles. The number of carbonyl (C=O) groups excluding carboxylic acids is 1. The smallest absolute Gasteiger partial charge is 0.337 e. The van der Waals surface area contributed by atoms with Crippen LogP contribution >= 0.6 is 0 Å². The first-order valence-corrected chi connectivity index (χ1v) is 11.0. The Bertz CT molecular complexity index is 1010. The Morgan fingerprint density at radius 2 is 1.59 bits per heavy atom. The highest BCUT2D eigenvalue weighted by Crippen LogP contribution is 2.28. The molecule has 1 aliphatic heterocycles. The van der Waals surface area contributed by atoms with Gasteiger partial charge >= 0.3 is 5.97 Å². The van der Waals surface area contributed by atoms with Gasteiger partial charge in [0.1, 0.15) is 0 Å². The molecular weight excluding hydrogens is 392 g/mol. The van der Waals surface area contributed by atoms with E-state index in [-0.39, 0.29) is 21.9 Å². The van der Waals surface area contributed by atoms with Crippen molar-refractivity contribution in [1.82, 2.24) is 0 Å². The third-order valence-corrected chi connectivity index (χ3v) is 6.39. The van der Waals surface area contributed by atoms with Crippen LogP contribution in [0.2, 0.25) is 0 Å². The SMILES string of the molecule is CC(=O)c1ccc(S(=O)(=O)Nc2ccc(N3CCCCCC3)c(C(=O)O)c2)cc1. The van der Waals surface area contributed by atoms with E-state index in [1.54, 1.807) is 12.1 Å². The zero-order valence-electron chi connectivity index (χ0n) is 16.2. The molecule has 7 nitrogen and oxygen atoms in total. The first-order chi connectivity index (χ1) is 13.8. The van der Waals surface area contributed by atoms with E-state index < -0.39 is 16.0 Å². The number of benzene rings is 2. The van der Waals surface area contributed by atoms with Gasteiger partial charge in [-0.1, -0.05) is 25.0 Å². The second-order valence-corrected chi connectivity index (χ2v) is 8.81. The summed E-state index contributed by atoms with van der Waals surface area (Å²) in [5.74, 6) is -1.26. The monoisotopic (exact) mass is 416 g/mol. The Morgan fingerprint density at radius 3 is 2.14 bits per heavy atom. The van der Waals surface area contributed by atoms with E-state index in [9.17, 15) is 23.1 Å². The van der Waals surface area contributed by atoms with Crippen molar-refractivity contribution in [3.8, 4) is 0 Å². The number of carbonyl (C=O) groups is 2. The Morgan fingerprint density at radius 1 is 0.966 bits per heavy atom. The Kier molecular flexibility index (Phi) is 6.22. The molecule has 2 N–H and O–H groups in total. The lowest BCUT2D eigenvalue weighted by Crippen LogP contribution is -2.26. The van der Waals surface area contributed by atoms with Crippen molar-refractivity contribution in [3.05, 3.63) is 53.6 Å². The van der Waals surface area contributed by atoms with Gasteiger partial charge in [0.05, 0.1) is 16.1 Å². The molecule has 0 radical (unpaired) electrons. The van der Waals surface area contributed by atoms with E-state index in [0.29, 0.717) is 11.3 Å². The molecule has 2 aromatic carbocycles. The zero-order chi connectivity index (χ0) is 21.0. The minimum atomic E-state index is -3.91. The van der Waals surface area contributed by atoms with E-state index in [4.69, 9.17) is 0 Å². The standard InChI is InChI=1S/C21H24N2O5S/c1-15(24)16-6-9-18(10-7-16)29(27,28)22-17-8-11-20(19(14-17)21(25)26)23-12-4-2-3-5-13-23/h6-11,14,22H,2-5,12-13H2,1H3,(H,25,26). The van der Waals surface area contributed by atoms with Crippen LogP contribution in [0.1, 0.15) is 53.3 Å². The highest BCUT2D eigenvalue weighted by Gasteiger charge is 2.20. The van der Waals surface area contributed by atoms with Gasteiger partial charge in [-0.05, 0) is 50.1 Å². The van der Waals surface area contributed by atoms with E-state index in [1.165, 1.54) is 37.3 Å². The Balaban J connectivity index is 1.87. The van der Waals surface area contributed by atoms with E-state index >= 15 is 0 Å². The number of nitrogens with zero attached hydrogens (tertiary/aromatic N) is 1. The molecule has 1 saturated heterocycles. The maximum atomic E-state index is 12.6. The number of carboxylic acid groups (broad SMARTS) is 1. The number of anilines is 2. The highest BCUT2D eigenvalue weighted by atomic mass is 32.2. The molecule has 0 aliphatic carbocycles. The third kappa shape index (κ3) is 4.95. The predicted molar refractivity (Wildman–Crippen MR) is 111 cm³/mol. The molecule has 0 bridgehead atoms. The summed E-state index contributed by atoms with van der Waals surface area (Å²) in [6, 6.07) is 10.2. The largest absolute Gasteiger partial charge is 0.478 e. The van der Waals surface area contributed by atoms with Crippen molar-refractivity contribution >= 4 is 33.2 Å². The lowest BCUT2D eigenvalue weighted by atomic mass is 10.1. The first kappa shape index (κ1) is 20.9. The van der Waals surface area contributed by atoms with Crippen LogP contribution < -0.4 is 9.62 Å². The predicted octanol–water partition coefficient (Wildman–Crippen LogP) is 3.77. The minimum Gasteiger partial charge on any atom is -0.478 e. The molecule has 1 fully saturated rings. The van der Waals surface area contributed by atoms with Gasteiger partial charge in [0, 0.05) is 24.3 Å². The number of hydrogen-bond acceptors (Lipinski definition) is 5. The quantitative estimate of drug-likeness (QED) is 0.695. The summed E-state index contributed by atoms with van der Waals surface area (Å²) >= 11 is 0. The molecule has 0 unspecified atom stereocenters. The molecule has 8 heteroatoms. The zero-order valence-corrected chi connectivity index (χ0v) is 17.0. The van der Waals surface area contributed by atoms with Gasteiger partial charge < -0.3 is 10.0 Å². The molecule has 29 heavy (non-hydrogen) atoms. The second-order valence-electron chi connectivity index (χ2n) is 7.12. The summed E-state index contributed by atoms with van der Waals surface area (Å²) in [7, 11) is -3.91. The van der Waals surface area contributed by atoms with Gasteiger partial charge in [-0.25, -0.2) is 13.2 Å². The minimum absolute atomic E-state index is 0.00373. The van der Waals surface area contributed by atoms with Crippen molar-refractivity contribution in [2.24, 2.45) is 0 Å². The summed E-state index contributed by atoms with van der Waals surface area (Å²) < 4.78 is 27.7. The van der Waals surface area contributed by atoms with Crippen LogP contribution in [0.4, 0.5) is 11.4 Å². The molecular formula is C21H24N2O5S. The summed E-state index contributed by atoms with van der Waals surface area (Å²) in [6.45, 7) is 2.97. The molecule has 154 valence electrons. The normalized spacial score (nSPS) is 14.9. The van der Waals surface area contributed by atoms with Crippen LogP contribution in [0.5, 0.6) is 0 Å². The number of aromatic carboxylic acids is 1. The van der Waals surface area contributed by atoms with Crippen LogP contribution in [-0.4, -0.2) is 38.4 Å². The maximum Gasteiger partial charge on any atom is 0.337 e. The lowest BCUT2D eigenvalue weighted by Gasteiger charge is -2.24. The number of ketones is 1. The van der Waals surface area contributed by atoms with Crippen molar-refractivity contribution in [2.45, 2.75) is 37.5 Å². The molecule has 0 amide bonds. The van der Waals surface area contributed by atoms with E-state index in [1.807, 2.05) is 0 Å². The van der Waals surface area contributed by atoms with Gasteiger partial charge in [0.2, 0.25) is 0 Å². The van der Waals surface area contributed by atoms with E-state index in [2.05, 4.69) is 9.62 Å². The van der Waals surface area contributed by atoms with E-state index in [0.717, 1.165) is 38.8 Å². The Hall–Kier alpha value is -2.87. The average molecular weight is 416 g/mol. The number of rotatable bonds is 6. The van der Waals surface area contributed by atoms with Crippen LogP contribution in [0.15, 0.2) is 47.4 Å². The Labute approximate surface area is 170 Å². The number of hydrogen-bond donors (Lipinski definition) is 2. The molecule has 1 heterocycles. The maximum absolute atomic E-state index is 12.6. The number of Topliss-reactive ketones (excluding diaryl/α,β-unsaturated/α-hetero) is 1. The molecule has 0 atom stereocenters. The highest BCUT2D eigenvalue weighted by molar-refractivity contribution is 7.92. The fourth-order valence-corrected chi connectivity index (χ4v) is 4.49. The van der Waals surface area contributed by atoms with Crippen molar-refractivity contribution in [1.29, 1.82) is 0 Å². The molecule has 1 aliphatic rings. The molecule has 0 aromatic heterocycles. The number of nitrogens with one attached hydrogen (secondary N) is 1. The fraction of sp³-hybridized carbons (Fsp3) is 0.333. The molecule has 3 rings (SSSR count). The third-order valence-electron chi connectivity index (χ3n) is 5.00. The molecule has 0 spiro atoms. The summed E-state index contributed by atoms with van der Waals surface area (Å²) in [6.07, 6.45) is 4.26. The lowest BCUT2D eigenvalue weighted by molar-refractivity contribution is 0.0697. The number of sulfonamides is 1. The first-order valence-electron chi connectivity index (χ1n) is 9.54. The second kappa shape index (κ2) is 8.65. The van der Waals surface area contributed by atoms with Gasteiger partial charge in [-0.2, -0.15) is 0 Å². The van der Waals surface area contributed by atoms with Crippen molar-refractivity contribution < 1.29 is 23.1 Å². The summed E-state index contributed by atoms with van der Waals surface area (Å²) in [4.78, 5) is 25.2. The van der Waals surface area contributed by atoms with Gasteiger partial charge in [0.15, 0.2) is 5.78 Å². The van der Waals surface area contributed by atoms with Crippen LogP contribution in [0.25, 0.3) is 0 Å². The van der Waals surface area contributed by atoms with Gasteiger partial charge in [-0.3, -0.25) is 9.52 Å². The van der Waals surface area contributed by atoms with Gasteiger partial charge in [-0.15, -0.1) is 0 Å². The van der Waals surface area contributed by atoms with Crippen molar-refractivity contribution in [2.75, 3.05) is 22.7 Å². The summed E-state index contributed by atoms with van der Waals surface area (Å²) in [5, 5.41) is 9.65. The molecule has 2 aromatic rings. The topological polar surface area (TPSA) is 104 Å². The van der Waals surface area contributed by atoms with Crippen LogP contribution in [0, 0.1) is 0 Å². The van der Waals surface area contributed by atoms with Crippen LogP contribution in [-0.2, 0) is 10.0 Å². The number of carboxylic acids is 1.